The summed E-state index contributed by atoms with van der Waals surface area (Å²) >= 11 is 0. The molecule has 0 radical (unpaired) electrons. The predicted molar refractivity (Wildman–Crippen MR) is 84.9 cm³/mol. The SMILES string of the molecule is CC(C(=O)NCc1ccc(F)cc1)N1C(=O)C2CC=CCC2C1=O. The van der Waals surface area contributed by atoms with Gasteiger partial charge in [-0.2, -0.15) is 0 Å². The highest BCUT2D eigenvalue weighted by molar-refractivity contribution is 6.08. The molecule has 0 spiro atoms. The summed E-state index contributed by atoms with van der Waals surface area (Å²) in [5.74, 6) is -1.95. The molecule has 6 heteroatoms. The number of hydrogen-bond donors (Lipinski definition) is 1. The summed E-state index contributed by atoms with van der Waals surface area (Å²) in [6.45, 7) is 1.77. The fourth-order valence-electron chi connectivity index (χ4n) is 3.26. The van der Waals surface area contributed by atoms with E-state index in [9.17, 15) is 18.8 Å². The number of amides is 3. The van der Waals surface area contributed by atoms with Gasteiger partial charge >= 0.3 is 0 Å². The van der Waals surface area contributed by atoms with E-state index in [-0.39, 0.29) is 36.0 Å². The van der Waals surface area contributed by atoms with Crippen LogP contribution in [0.25, 0.3) is 0 Å². The first-order valence-corrected chi connectivity index (χ1v) is 8.03. The maximum Gasteiger partial charge on any atom is 0.243 e. The predicted octanol–water partition coefficient (Wildman–Crippen LogP) is 1.78. The highest BCUT2D eigenvalue weighted by atomic mass is 19.1. The van der Waals surface area contributed by atoms with Gasteiger partial charge in [0.05, 0.1) is 11.8 Å². The van der Waals surface area contributed by atoms with E-state index in [0.717, 1.165) is 10.5 Å². The molecule has 1 aromatic rings. The topological polar surface area (TPSA) is 66.5 Å². The summed E-state index contributed by atoms with van der Waals surface area (Å²) in [4.78, 5) is 38.3. The first kappa shape index (κ1) is 16.4. The number of likely N-dealkylation sites (tertiary alicyclic amines) is 1. The van der Waals surface area contributed by atoms with E-state index in [2.05, 4.69) is 5.32 Å². The third-order valence-electron chi connectivity index (χ3n) is 4.69. The Hall–Kier alpha value is -2.50. The molecule has 3 rings (SSSR count). The van der Waals surface area contributed by atoms with Crippen molar-refractivity contribution in [3.63, 3.8) is 0 Å². The molecule has 1 N–H and O–H groups in total. The molecule has 1 aliphatic heterocycles. The molecular weight excluding hydrogens is 311 g/mol. The zero-order valence-electron chi connectivity index (χ0n) is 13.4. The van der Waals surface area contributed by atoms with E-state index < -0.39 is 11.9 Å². The minimum atomic E-state index is -0.851. The van der Waals surface area contributed by atoms with Crippen molar-refractivity contribution in [1.82, 2.24) is 10.2 Å². The van der Waals surface area contributed by atoms with Crippen LogP contribution in [0.3, 0.4) is 0 Å². The minimum Gasteiger partial charge on any atom is -0.350 e. The molecule has 24 heavy (non-hydrogen) atoms. The standard InChI is InChI=1S/C18H19FN2O3/c1-11(16(22)20-10-12-6-8-13(19)9-7-12)21-17(23)14-4-2-3-5-15(14)18(21)24/h2-3,6-9,11,14-15H,4-5,10H2,1H3,(H,20,22). The van der Waals surface area contributed by atoms with Gasteiger partial charge in [-0.3, -0.25) is 19.3 Å². The third kappa shape index (κ3) is 2.96. The van der Waals surface area contributed by atoms with Crippen LogP contribution in [0.4, 0.5) is 4.39 Å². The molecule has 3 amide bonds. The fraction of sp³-hybridized carbons (Fsp3) is 0.389. The van der Waals surface area contributed by atoms with Gasteiger partial charge in [0, 0.05) is 6.54 Å². The molecule has 1 aliphatic carbocycles. The van der Waals surface area contributed by atoms with Crippen LogP contribution in [-0.4, -0.2) is 28.7 Å². The van der Waals surface area contributed by atoms with Crippen LogP contribution in [0.15, 0.2) is 36.4 Å². The maximum atomic E-state index is 12.9. The quantitative estimate of drug-likeness (QED) is 0.676. The van der Waals surface area contributed by atoms with Crippen molar-refractivity contribution in [2.24, 2.45) is 11.8 Å². The molecule has 3 atom stereocenters. The Balaban J connectivity index is 1.64. The first-order valence-electron chi connectivity index (χ1n) is 8.03. The number of nitrogens with zero attached hydrogens (tertiary/aromatic N) is 1. The summed E-state index contributed by atoms with van der Waals surface area (Å²) in [5, 5.41) is 2.69. The third-order valence-corrected chi connectivity index (χ3v) is 4.69. The molecule has 0 saturated carbocycles. The lowest BCUT2D eigenvalue weighted by Crippen LogP contribution is -2.48. The number of benzene rings is 1. The van der Waals surface area contributed by atoms with Crippen molar-refractivity contribution in [1.29, 1.82) is 0 Å². The summed E-state index contributed by atoms with van der Waals surface area (Å²) in [5.41, 5.74) is 0.744. The van der Waals surface area contributed by atoms with Gasteiger partial charge in [-0.25, -0.2) is 4.39 Å². The Kier molecular flexibility index (Phi) is 4.46. The average Bonchev–Trinajstić information content (AvgIpc) is 2.85. The van der Waals surface area contributed by atoms with Gasteiger partial charge in [-0.1, -0.05) is 24.3 Å². The second-order valence-corrected chi connectivity index (χ2v) is 6.22. The molecule has 1 fully saturated rings. The lowest BCUT2D eigenvalue weighted by Gasteiger charge is -2.22. The highest BCUT2D eigenvalue weighted by Crippen LogP contribution is 2.36. The molecule has 3 unspecified atom stereocenters. The molecule has 1 saturated heterocycles. The summed E-state index contributed by atoms with van der Waals surface area (Å²) in [6.07, 6.45) is 4.93. The monoisotopic (exact) mass is 330 g/mol. The van der Waals surface area contributed by atoms with Gasteiger partial charge in [0.25, 0.3) is 0 Å². The van der Waals surface area contributed by atoms with E-state index in [1.165, 1.54) is 12.1 Å². The summed E-state index contributed by atoms with van der Waals surface area (Å²) < 4.78 is 12.9. The van der Waals surface area contributed by atoms with Gasteiger partial charge in [-0.15, -0.1) is 0 Å². The molecule has 5 nitrogen and oxygen atoms in total. The van der Waals surface area contributed by atoms with E-state index in [1.54, 1.807) is 19.1 Å². The minimum absolute atomic E-state index is 0.216. The van der Waals surface area contributed by atoms with Crippen LogP contribution < -0.4 is 5.32 Å². The van der Waals surface area contributed by atoms with Crippen molar-refractivity contribution in [3.05, 3.63) is 47.8 Å². The molecular formula is C18H19FN2O3. The Labute approximate surface area is 139 Å². The first-order chi connectivity index (χ1) is 11.5. The van der Waals surface area contributed by atoms with E-state index >= 15 is 0 Å². The molecule has 0 bridgehead atoms. The Morgan fingerprint density at radius 1 is 1.17 bits per heavy atom. The summed E-state index contributed by atoms with van der Waals surface area (Å²) in [7, 11) is 0. The van der Waals surface area contributed by atoms with E-state index in [1.807, 2.05) is 12.2 Å². The Bertz CT molecular complexity index is 673. The normalized spacial score (nSPS) is 24.0. The fourth-order valence-corrected chi connectivity index (χ4v) is 3.26. The van der Waals surface area contributed by atoms with E-state index in [0.29, 0.717) is 12.8 Å². The Morgan fingerprint density at radius 2 is 1.71 bits per heavy atom. The van der Waals surface area contributed by atoms with Crippen LogP contribution in [-0.2, 0) is 20.9 Å². The Morgan fingerprint density at radius 3 is 2.25 bits per heavy atom. The number of imide groups is 1. The number of allylic oxidation sites excluding steroid dienone is 2. The van der Waals surface area contributed by atoms with Gasteiger partial charge in [-0.05, 0) is 37.5 Å². The zero-order chi connectivity index (χ0) is 17.3. The van der Waals surface area contributed by atoms with Crippen molar-refractivity contribution in [2.45, 2.75) is 32.4 Å². The van der Waals surface area contributed by atoms with Crippen LogP contribution >= 0.6 is 0 Å². The molecule has 2 aliphatic rings. The second kappa shape index (κ2) is 6.55. The largest absolute Gasteiger partial charge is 0.350 e. The molecule has 1 aromatic carbocycles. The lowest BCUT2D eigenvalue weighted by molar-refractivity contribution is -0.147. The average molecular weight is 330 g/mol. The van der Waals surface area contributed by atoms with Crippen LogP contribution in [0.2, 0.25) is 0 Å². The van der Waals surface area contributed by atoms with Crippen molar-refractivity contribution in [2.75, 3.05) is 0 Å². The van der Waals surface area contributed by atoms with Crippen molar-refractivity contribution < 1.29 is 18.8 Å². The number of halogens is 1. The van der Waals surface area contributed by atoms with Gasteiger partial charge in [0.2, 0.25) is 17.7 Å². The lowest BCUT2D eigenvalue weighted by atomic mass is 9.85. The van der Waals surface area contributed by atoms with Gasteiger partial charge < -0.3 is 5.32 Å². The molecule has 0 aromatic heterocycles. The van der Waals surface area contributed by atoms with Crippen LogP contribution in [0.5, 0.6) is 0 Å². The smallest absolute Gasteiger partial charge is 0.243 e. The summed E-state index contributed by atoms with van der Waals surface area (Å²) in [6, 6.07) is 4.93. The molecule has 1 heterocycles. The van der Waals surface area contributed by atoms with Gasteiger partial charge in [0.15, 0.2) is 0 Å². The number of nitrogens with one attached hydrogen (secondary N) is 1. The van der Waals surface area contributed by atoms with E-state index in [4.69, 9.17) is 0 Å². The molecule has 126 valence electrons. The number of carbonyl (C=O) groups is 3. The van der Waals surface area contributed by atoms with Crippen molar-refractivity contribution >= 4 is 17.7 Å². The number of carbonyl (C=O) groups excluding carboxylic acids is 3. The van der Waals surface area contributed by atoms with Crippen LogP contribution in [0.1, 0.15) is 25.3 Å². The van der Waals surface area contributed by atoms with Crippen molar-refractivity contribution in [3.8, 4) is 0 Å². The zero-order valence-corrected chi connectivity index (χ0v) is 13.4. The number of fused-ring (bicyclic) bond motifs is 1. The van der Waals surface area contributed by atoms with Crippen LogP contribution in [0, 0.1) is 17.7 Å². The second-order valence-electron chi connectivity index (χ2n) is 6.22. The highest BCUT2D eigenvalue weighted by Gasteiger charge is 2.49. The number of rotatable bonds is 4. The van der Waals surface area contributed by atoms with Gasteiger partial charge in [0.1, 0.15) is 11.9 Å². The maximum absolute atomic E-state index is 12.9. The number of hydrogen-bond acceptors (Lipinski definition) is 3.